The summed E-state index contributed by atoms with van der Waals surface area (Å²) in [5.74, 6) is -0.510. The minimum Gasteiger partial charge on any atom is -0.380 e. The fraction of sp³-hybridized carbons (Fsp3) is 0.136. The standard InChI is InChI=1S/C22H21NO3/c1-26-16-17-9-8-14-20(15-17)23-21(24)22(25,18-10-4-2-5-11-18)19-12-6-3-7-13-19/h2-15,25H,16H2,1H3,(H,23,24). The second kappa shape index (κ2) is 7.95. The van der Waals surface area contributed by atoms with Crippen LogP contribution < -0.4 is 5.32 Å². The van der Waals surface area contributed by atoms with Gasteiger partial charge in [0.05, 0.1) is 6.61 Å². The Morgan fingerprint density at radius 3 is 2.04 bits per heavy atom. The number of hydrogen-bond donors (Lipinski definition) is 2. The van der Waals surface area contributed by atoms with Gasteiger partial charge in [-0.2, -0.15) is 0 Å². The molecule has 0 saturated carbocycles. The van der Waals surface area contributed by atoms with Gasteiger partial charge in [0.1, 0.15) is 0 Å². The van der Waals surface area contributed by atoms with Gasteiger partial charge in [-0.3, -0.25) is 4.79 Å². The van der Waals surface area contributed by atoms with E-state index in [0.29, 0.717) is 23.4 Å². The maximum absolute atomic E-state index is 13.1. The number of aliphatic hydroxyl groups is 1. The molecule has 3 aromatic rings. The smallest absolute Gasteiger partial charge is 0.265 e. The van der Waals surface area contributed by atoms with Crippen LogP contribution in [0.5, 0.6) is 0 Å². The van der Waals surface area contributed by atoms with Crippen LogP contribution in [0.15, 0.2) is 84.9 Å². The molecular weight excluding hydrogens is 326 g/mol. The Bertz CT molecular complexity index is 823. The lowest BCUT2D eigenvalue weighted by Gasteiger charge is -2.28. The minimum atomic E-state index is -1.79. The van der Waals surface area contributed by atoms with E-state index in [1.165, 1.54) is 0 Å². The van der Waals surface area contributed by atoms with E-state index in [1.807, 2.05) is 30.3 Å². The molecule has 132 valence electrons. The second-order valence-corrected chi connectivity index (χ2v) is 6.03. The van der Waals surface area contributed by atoms with Gasteiger partial charge in [0.2, 0.25) is 0 Å². The SMILES string of the molecule is COCc1cccc(NC(=O)C(O)(c2ccccc2)c2ccccc2)c1. The molecule has 0 aliphatic rings. The molecule has 26 heavy (non-hydrogen) atoms. The van der Waals surface area contributed by atoms with Crippen molar-refractivity contribution in [2.45, 2.75) is 12.2 Å². The monoisotopic (exact) mass is 347 g/mol. The average Bonchev–Trinajstić information content (AvgIpc) is 2.69. The summed E-state index contributed by atoms with van der Waals surface area (Å²) in [6.07, 6.45) is 0. The predicted molar refractivity (Wildman–Crippen MR) is 102 cm³/mol. The van der Waals surface area contributed by atoms with Crippen molar-refractivity contribution < 1.29 is 14.6 Å². The topological polar surface area (TPSA) is 58.6 Å². The van der Waals surface area contributed by atoms with Gasteiger partial charge in [0.15, 0.2) is 5.60 Å². The van der Waals surface area contributed by atoms with E-state index in [0.717, 1.165) is 5.56 Å². The molecule has 3 rings (SSSR count). The third-order valence-corrected chi connectivity index (χ3v) is 4.21. The highest BCUT2D eigenvalue weighted by molar-refractivity contribution is 6.00. The fourth-order valence-corrected chi connectivity index (χ4v) is 2.91. The Hall–Kier alpha value is -2.95. The van der Waals surface area contributed by atoms with Gasteiger partial charge in [0, 0.05) is 12.8 Å². The van der Waals surface area contributed by atoms with Crippen molar-refractivity contribution in [3.8, 4) is 0 Å². The number of methoxy groups -OCH3 is 1. The highest BCUT2D eigenvalue weighted by Gasteiger charge is 2.39. The van der Waals surface area contributed by atoms with Gasteiger partial charge >= 0.3 is 0 Å². The van der Waals surface area contributed by atoms with Gasteiger partial charge in [0.25, 0.3) is 5.91 Å². The summed E-state index contributed by atoms with van der Waals surface area (Å²) in [5.41, 5.74) is 0.774. The van der Waals surface area contributed by atoms with E-state index in [-0.39, 0.29) is 0 Å². The molecule has 0 spiro atoms. The van der Waals surface area contributed by atoms with E-state index in [1.54, 1.807) is 61.7 Å². The molecule has 0 atom stereocenters. The lowest BCUT2D eigenvalue weighted by Crippen LogP contribution is -2.41. The Morgan fingerprint density at radius 1 is 0.923 bits per heavy atom. The van der Waals surface area contributed by atoms with Gasteiger partial charge in [-0.1, -0.05) is 72.8 Å². The number of rotatable bonds is 6. The number of amides is 1. The van der Waals surface area contributed by atoms with Crippen LogP contribution in [0.25, 0.3) is 0 Å². The number of benzene rings is 3. The molecule has 0 unspecified atom stereocenters. The molecule has 4 heteroatoms. The van der Waals surface area contributed by atoms with Gasteiger partial charge in [-0.05, 0) is 28.8 Å². The molecule has 0 bridgehead atoms. The molecule has 0 heterocycles. The number of anilines is 1. The molecule has 0 aliphatic heterocycles. The first-order valence-corrected chi connectivity index (χ1v) is 8.37. The Balaban J connectivity index is 1.97. The largest absolute Gasteiger partial charge is 0.380 e. The van der Waals surface area contributed by atoms with Crippen LogP contribution >= 0.6 is 0 Å². The lowest BCUT2D eigenvalue weighted by molar-refractivity contribution is -0.131. The minimum absolute atomic E-state index is 0.450. The Morgan fingerprint density at radius 2 is 1.50 bits per heavy atom. The molecule has 0 radical (unpaired) electrons. The van der Waals surface area contributed by atoms with Crippen LogP contribution in [0.4, 0.5) is 5.69 Å². The van der Waals surface area contributed by atoms with Gasteiger partial charge in [-0.15, -0.1) is 0 Å². The van der Waals surface area contributed by atoms with E-state index in [9.17, 15) is 9.90 Å². The summed E-state index contributed by atoms with van der Waals surface area (Å²) in [4.78, 5) is 13.1. The van der Waals surface area contributed by atoms with Crippen molar-refractivity contribution in [3.05, 3.63) is 102 Å². The Labute approximate surface area is 153 Å². The molecule has 1 amide bonds. The molecular formula is C22H21NO3. The van der Waals surface area contributed by atoms with Crippen molar-refractivity contribution in [2.75, 3.05) is 12.4 Å². The molecule has 0 fully saturated rings. The molecule has 0 aliphatic carbocycles. The summed E-state index contributed by atoms with van der Waals surface area (Å²) in [6.45, 7) is 0.450. The van der Waals surface area contributed by atoms with Crippen molar-refractivity contribution in [2.24, 2.45) is 0 Å². The zero-order chi connectivity index (χ0) is 18.4. The zero-order valence-electron chi connectivity index (χ0n) is 14.6. The first-order chi connectivity index (χ1) is 12.6. The number of nitrogens with one attached hydrogen (secondary N) is 1. The van der Waals surface area contributed by atoms with Crippen LogP contribution in [0.2, 0.25) is 0 Å². The van der Waals surface area contributed by atoms with E-state index < -0.39 is 11.5 Å². The molecule has 4 nitrogen and oxygen atoms in total. The molecule has 2 N–H and O–H groups in total. The lowest BCUT2D eigenvalue weighted by atomic mass is 9.85. The second-order valence-electron chi connectivity index (χ2n) is 6.03. The summed E-state index contributed by atoms with van der Waals surface area (Å²) in [7, 11) is 1.62. The molecule has 0 saturated heterocycles. The molecule has 3 aromatic carbocycles. The van der Waals surface area contributed by atoms with Crippen LogP contribution in [-0.2, 0) is 21.7 Å². The Kier molecular flexibility index (Phi) is 5.46. The van der Waals surface area contributed by atoms with E-state index in [4.69, 9.17) is 4.74 Å². The summed E-state index contributed by atoms with van der Waals surface area (Å²) >= 11 is 0. The van der Waals surface area contributed by atoms with Crippen molar-refractivity contribution in [3.63, 3.8) is 0 Å². The maximum atomic E-state index is 13.1. The highest BCUT2D eigenvalue weighted by atomic mass is 16.5. The number of carbonyl (C=O) groups is 1. The first-order valence-electron chi connectivity index (χ1n) is 8.37. The third-order valence-electron chi connectivity index (χ3n) is 4.21. The van der Waals surface area contributed by atoms with Crippen molar-refractivity contribution in [1.29, 1.82) is 0 Å². The van der Waals surface area contributed by atoms with E-state index >= 15 is 0 Å². The van der Waals surface area contributed by atoms with E-state index in [2.05, 4.69) is 5.32 Å². The number of ether oxygens (including phenoxy) is 1. The van der Waals surface area contributed by atoms with Crippen LogP contribution in [-0.4, -0.2) is 18.1 Å². The van der Waals surface area contributed by atoms with Crippen LogP contribution in [0.3, 0.4) is 0 Å². The summed E-state index contributed by atoms with van der Waals surface area (Å²) in [6, 6.07) is 25.3. The summed E-state index contributed by atoms with van der Waals surface area (Å²) < 4.78 is 5.13. The summed E-state index contributed by atoms with van der Waals surface area (Å²) in [5, 5.41) is 14.3. The number of carbonyl (C=O) groups excluding carboxylic acids is 1. The highest BCUT2D eigenvalue weighted by Crippen LogP contribution is 2.31. The first kappa shape index (κ1) is 17.9. The predicted octanol–water partition coefficient (Wildman–Crippen LogP) is 3.71. The number of hydrogen-bond acceptors (Lipinski definition) is 3. The zero-order valence-corrected chi connectivity index (χ0v) is 14.6. The maximum Gasteiger partial charge on any atom is 0.265 e. The van der Waals surface area contributed by atoms with Gasteiger partial charge in [-0.25, -0.2) is 0 Å². The quantitative estimate of drug-likeness (QED) is 0.715. The van der Waals surface area contributed by atoms with Crippen LogP contribution in [0.1, 0.15) is 16.7 Å². The third kappa shape index (κ3) is 3.67. The normalized spacial score (nSPS) is 11.2. The average molecular weight is 347 g/mol. The molecule has 0 aromatic heterocycles. The van der Waals surface area contributed by atoms with Gasteiger partial charge < -0.3 is 15.2 Å². The fourth-order valence-electron chi connectivity index (χ4n) is 2.91. The van der Waals surface area contributed by atoms with Crippen molar-refractivity contribution in [1.82, 2.24) is 0 Å². The van der Waals surface area contributed by atoms with Crippen molar-refractivity contribution >= 4 is 11.6 Å². The van der Waals surface area contributed by atoms with Crippen LogP contribution in [0, 0.1) is 0 Å².